The van der Waals surface area contributed by atoms with Crippen LogP contribution >= 0.6 is 0 Å². The molecule has 0 spiro atoms. The van der Waals surface area contributed by atoms with Crippen molar-refractivity contribution in [3.05, 3.63) is 0 Å². The molecule has 5 nitrogen and oxygen atoms in total. The van der Waals surface area contributed by atoms with Crippen molar-refractivity contribution in [2.24, 2.45) is 0 Å². The molecule has 0 fully saturated rings. The molecule has 0 aliphatic heterocycles. The average Bonchev–Trinajstić information content (AvgIpc) is 2.52. The zero-order chi connectivity index (χ0) is 18.5. The summed E-state index contributed by atoms with van der Waals surface area (Å²) in [4.78, 5) is 0. The van der Waals surface area contributed by atoms with Gasteiger partial charge in [-0.2, -0.15) is 0 Å². The molecule has 0 aromatic rings. The van der Waals surface area contributed by atoms with Gasteiger partial charge in [-0.1, -0.05) is 77.6 Å². The van der Waals surface area contributed by atoms with Gasteiger partial charge >= 0.3 is 29.6 Å². The predicted octanol–water partition coefficient (Wildman–Crippen LogP) is 2.21. The number of rotatable bonds is 16. The van der Waals surface area contributed by atoms with E-state index in [-0.39, 0.29) is 36.2 Å². The Labute approximate surface area is 178 Å². The van der Waals surface area contributed by atoms with Crippen LogP contribution in [0.4, 0.5) is 0 Å². The van der Waals surface area contributed by atoms with Crippen LogP contribution in [-0.4, -0.2) is 32.8 Å². The number of ether oxygens (including phenoxy) is 1. The Morgan fingerprint density at radius 2 is 1.04 bits per heavy atom. The molecule has 0 rings (SSSR count). The second-order valence-corrected chi connectivity index (χ2v) is 6.95. The summed E-state index contributed by atoms with van der Waals surface area (Å²) in [6.07, 6.45) is 14.5. The Morgan fingerprint density at radius 3 is 1.32 bits per heavy atom. The molecule has 0 radical (unpaired) electrons. The van der Waals surface area contributed by atoms with Gasteiger partial charge < -0.3 is 9.29 Å². The van der Waals surface area contributed by atoms with Crippen molar-refractivity contribution in [3.63, 3.8) is 0 Å². The summed E-state index contributed by atoms with van der Waals surface area (Å²) in [5.74, 6) is 0. The minimum absolute atomic E-state index is 0. The molecule has 0 N–H and O–H groups in total. The van der Waals surface area contributed by atoms with Gasteiger partial charge in [-0.15, -0.1) is 0 Å². The molecule has 0 bridgehead atoms. The summed E-state index contributed by atoms with van der Waals surface area (Å²) >= 11 is 0. The van der Waals surface area contributed by atoms with Crippen LogP contribution in [0.2, 0.25) is 0 Å². The summed E-state index contributed by atoms with van der Waals surface area (Å²) in [5.41, 5.74) is 0. The van der Waals surface area contributed by atoms with Crippen molar-refractivity contribution in [1.29, 1.82) is 0 Å². The average molecular weight is 391 g/mol. The molecule has 0 aromatic carbocycles. The third-order valence-corrected chi connectivity index (χ3v) is 4.09. The summed E-state index contributed by atoms with van der Waals surface area (Å²) < 4.78 is 39.4. The van der Waals surface area contributed by atoms with Crippen LogP contribution in [-0.2, 0) is 19.3 Å². The van der Waals surface area contributed by atoms with Crippen LogP contribution < -0.4 is 29.6 Å². The molecular formula is C18H39NaO5S. The second-order valence-electron chi connectivity index (χ2n) is 5.90. The minimum Gasteiger partial charge on any atom is -0.726 e. The van der Waals surface area contributed by atoms with E-state index in [9.17, 15) is 13.0 Å². The van der Waals surface area contributed by atoms with Crippen LogP contribution in [0, 0.1) is 0 Å². The third kappa shape index (κ3) is 36.5. The zero-order valence-electron chi connectivity index (χ0n) is 17.1. The Hall–Kier alpha value is 0.830. The zero-order valence-corrected chi connectivity index (χ0v) is 19.9. The van der Waals surface area contributed by atoms with E-state index in [1.807, 2.05) is 13.8 Å². The summed E-state index contributed by atoms with van der Waals surface area (Å²) in [5, 5.41) is 0. The predicted molar refractivity (Wildman–Crippen MR) is 98.9 cm³/mol. The first-order valence-corrected chi connectivity index (χ1v) is 11.0. The van der Waals surface area contributed by atoms with Crippen LogP contribution in [0.5, 0.6) is 0 Å². The molecule has 0 amide bonds. The van der Waals surface area contributed by atoms with Crippen LogP contribution in [0.25, 0.3) is 0 Å². The number of hydrogen-bond acceptors (Lipinski definition) is 5. The Balaban J connectivity index is -0.000000704. The van der Waals surface area contributed by atoms with Gasteiger partial charge in [-0.3, -0.25) is 4.18 Å². The quantitative estimate of drug-likeness (QED) is 0.175. The van der Waals surface area contributed by atoms with Gasteiger partial charge in [0, 0.05) is 13.2 Å². The molecule has 0 atom stereocenters. The molecule has 25 heavy (non-hydrogen) atoms. The van der Waals surface area contributed by atoms with E-state index in [0.717, 1.165) is 26.1 Å². The molecule has 0 unspecified atom stereocenters. The van der Waals surface area contributed by atoms with E-state index in [4.69, 9.17) is 4.74 Å². The fourth-order valence-corrected chi connectivity index (χ4v) is 2.63. The van der Waals surface area contributed by atoms with E-state index in [2.05, 4.69) is 11.1 Å². The van der Waals surface area contributed by atoms with E-state index in [1.165, 1.54) is 57.8 Å². The van der Waals surface area contributed by atoms with Gasteiger partial charge in [0.05, 0.1) is 6.61 Å². The molecule has 0 saturated carbocycles. The Bertz CT molecular complexity index is 321. The van der Waals surface area contributed by atoms with Gasteiger partial charge in [-0.25, -0.2) is 8.42 Å². The fraction of sp³-hybridized carbons (Fsp3) is 1.00. The van der Waals surface area contributed by atoms with Crippen molar-refractivity contribution in [2.45, 2.75) is 97.8 Å². The summed E-state index contributed by atoms with van der Waals surface area (Å²) in [6, 6.07) is 0. The topological polar surface area (TPSA) is 75.7 Å². The molecular weight excluding hydrogens is 351 g/mol. The molecule has 0 aliphatic rings. The first-order chi connectivity index (χ1) is 11.5. The van der Waals surface area contributed by atoms with Crippen molar-refractivity contribution in [3.8, 4) is 0 Å². The number of hydrogen-bond donors (Lipinski definition) is 0. The molecule has 7 heteroatoms. The Morgan fingerprint density at radius 1 is 0.680 bits per heavy atom. The number of unbranched alkanes of at least 4 members (excludes halogenated alkanes) is 11. The van der Waals surface area contributed by atoms with Gasteiger partial charge in [0.2, 0.25) is 10.4 Å². The summed E-state index contributed by atoms with van der Waals surface area (Å²) in [6.45, 7) is 7.93. The second kappa shape index (κ2) is 24.8. The van der Waals surface area contributed by atoms with E-state index in [1.54, 1.807) is 0 Å². The molecule has 0 heterocycles. The first-order valence-electron chi connectivity index (χ1n) is 9.65. The standard InChI is InChI=1S/C14H30O4S.C4H10O.Na/c1-2-3-4-5-6-7-8-9-10-11-12-13-14-18-19(15,16)17;1-3-5-4-2;/h2-14H2,1H3,(H,15,16,17);3-4H2,1-2H3;/q;;+1/p-1. The first kappa shape index (κ1) is 30.6. The van der Waals surface area contributed by atoms with Crippen molar-refractivity contribution >= 4 is 10.4 Å². The van der Waals surface area contributed by atoms with Gasteiger partial charge in [0.25, 0.3) is 0 Å². The maximum Gasteiger partial charge on any atom is 1.00 e. The SMILES string of the molecule is CCCCCCCCCCCCCCOS(=O)(=O)[O-].CCOCC.[Na+]. The minimum atomic E-state index is -4.49. The third-order valence-electron chi connectivity index (χ3n) is 3.63. The maximum absolute atomic E-state index is 10.2. The van der Waals surface area contributed by atoms with Gasteiger partial charge in [0.15, 0.2) is 0 Å². The molecule has 0 aromatic heterocycles. The molecule has 0 aliphatic carbocycles. The van der Waals surface area contributed by atoms with Crippen molar-refractivity contribution < 1.29 is 51.4 Å². The Kier molecular flexibility index (Phi) is 30.3. The maximum atomic E-state index is 10.2. The van der Waals surface area contributed by atoms with Crippen LogP contribution in [0.15, 0.2) is 0 Å². The van der Waals surface area contributed by atoms with Crippen molar-refractivity contribution in [2.75, 3.05) is 19.8 Å². The smallest absolute Gasteiger partial charge is 0.726 e. The molecule has 0 saturated heterocycles. The monoisotopic (exact) mass is 390 g/mol. The van der Waals surface area contributed by atoms with Crippen LogP contribution in [0.1, 0.15) is 97.8 Å². The van der Waals surface area contributed by atoms with Crippen LogP contribution in [0.3, 0.4) is 0 Å². The van der Waals surface area contributed by atoms with Gasteiger partial charge in [-0.05, 0) is 20.3 Å². The van der Waals surface area contributed by atoms with E-state index in [0.29, 0.717) is 6.42 Å². The van der Waals surface area contributed by atoms with Crippen molar-refractivity contribution in [1.82, 2.24) is 0 Å². The van der Waals surface area contributed by atoms with E-state index < -0.39 is 10.4 Å². The fourth-order valence-electron chi connectivity index (χ4n) is 2.31. The molecule has 148 valence electrons. The summed E-state index contributed by atoms with van der Waals surface area (Å²) in [7, 11) is -4.49. The van der Waals surface area contributed by atoms with Gasteiger partial charge in [0.1, 0.15) is 0 Å². The van der Waals surface area contributed by atoms with E-state index >= 15 is 0 Å². The largest absolute Gasteiger partial charge is 1.00 e. The normalized spacial score (nSPS) is 10.7.